The summed E-state index contributed by atoms with van der Waals surface area (Å²) in [6.45, 7) is 6.37. The monoisotopic (exact) mass is 1210 g/mol. The smallest absolute Gasteiger partial charge is 0.178 e. The summed E-state index contributed by atoms with van der Waals surface area (Å²) in [6.07, 6.45) is 10.6. The molecule has 0 atom stereocenters. The summed E-state index contributed by atoms with van der Waals surface area (Å²) in [4.78, 5) is 6.34. The van der Waals surface area contributed by atoms with Gasteiger partial charge in [-0.25, -0.2) is 61.5 Å². The van der Waals surface area contributed by atoms with Gasteiger partial charge in [-0.05, 0) is 84.6 Å². The van der Waals surface area contributed by atoms with E-state index in [2.05, 4.69) is 37.5 Å². The second kappa shape index (κ2) is 24.3. The highest BCUT2D eigenvalue weighted by molar-refractivity contribution is 7.23. The third-order valence-electron chi connectivity index (χ3n) is 13.5. The van der Waals surface area contributed by atoms with Crippen LogP contribution in [0.15, 0.2) is 48.5 Å². The largest absolute Gasteiger partial charge is 0.206 e. The topological polar surface area (TPSA) is 0 Å². The zero-order valence-electron chi connectivity index (χ0n) is 43.1. The maximum absolute atomic E-state index is 16.6. The minimum Gasteiger partial charge on any atom is -0.206 e. The van der Waals surface area contributed by atoms with E-state index >= 15 is 61.5 Å². The summed E-state index contributed by atoms with van der Waals surface area (Å²) in [6, 6.07) is 14.4. The van der Waals surface area contributed by atoms with E-state index < -0.39 is 144 Å². The maximum Gasteiger partial charge on any atom is 0.178 e. The minimum absolute atomic E-state index is 0.290. The van der Waals surface area contributed by atoms with Crippen molar-refractivity contribution < 1.29 is 61.5 Å². The van der Waals surface area contributed by atoms with Crippen LogP contribution < -0.4 is 10.4 Å². The molecule has 0 spiro atoms. The molecule has 414 valence electrons. The van der Waals surface area contributed by atoms with E-state index in [1.54, 1.807) is 70.6 Å². The van der Waals surface area contributed by atoms with Crippen molar-refractivity contribution in [1.82, 2.24) is 0 Å². The molecule has 0 nitrogen and oxygen atoms in total. The molecule has 0 N–H and O–H groups in total. The van der Waals surface area contributed by atoms with Crippen LogP contribution in [-0.4, -0.2) is 8.07 Å². The molecule has 81 heavy (non-hydrogen) atoms. The van der Waals surface area contributed by atoms with Crippen molar-refractivity contribution >= 4 is 63.8 Å². The van der Waals surface area contributed by atoms with Crippen molar-refractivity contribution in [3.8, 4) is 78.0 Å². The Kier molecular flexibility index (Phi) is 17.7. The molecule has 0 saturated carbocycles. The summed E-state index contributed by atoms with van der Waals surface area (Å²) < 4.78 is 221. The minimum atomic E-state index is -4.34. The van der Waals surface area contributed by atoms with Gasteiger partial charge in [-0.3, -0.25) is 0 Å². The average molecular weight is 1210 g/mol. The predicted molar refractivity (Wildman–Crippen MR) is 296 cm³/mol. The number of hydrogen-bond donors (Lipinski definition) is 0. The van der Waals surface area contributed by atoms with Crippen LogP contribution in [0, 0.1) is 129 Å². The molecule has 0 fully saturated rings. The van der Waals surface area contributed by atoms with Crippen LogP contribution in [0.5, 0.6) is 0 Å². The lowest BCUT2D eigenvalue weighted by Gasteiger charge is -2.21. The number of halogens is 14. The van der Waals surface area contributed by atoms with Gasteiger partial charge in [-0.1, -0.05) is 113 Å². The van der Waals surface area contributed by atoms with Crippen molar-refractivity contribution in [1.29, 1.82) is 0 Å². The summed E-state index contributed by atoms with van der Waals surface area (Å²) >= 11 is 5.47. The quantitative estimate of drug-likeness (QED) is 0.0376. The van der Waals surface area contributed by atoms with E-state index in [1.807, 2.05) is 24.3 Å². The fourth-order valence-corrected chi connectivity index (χ4v) is 16.6. The molecule has 0 amide bonds. The summed E-state index contributed by atoms with van der Waals surface area (Å²) in [5.41, 5.74) is -11.9. The summed E-state index contributed by atoms with van der Waals surface area (Å²) in [5.74, 6) is -13.5. The SMILES string of the molecule is CCCCCCc1ccc(-c2ccc(C#Cc3c(F)c(F)c(C#Cc4c(F)c(F)c5c(c4F)[Si](C)(C)c4c(F)c(C#Cc6c(F)c(F)c(C#Cc7ccc(-c8ccc(CCCCCC)s8)s7)c(F)c6F)c(F)c(F)c4-5)c(F)c3F)s2)s1. The Morgan fingerprint density at radius 2 is 0.580 bits per heavy atom. The molecule has 1 aliphatic rings. The van der Waals surface area contributed by atoms with Crippen molar-refractivity contribution in [2.24, 2.45) is 0 Å². The van der Waals surface area contributed by atoms with E-state index in [-0.39, 0.29) is 0 Å². The first-order chi connectivity index (χ1) is 38.7. The molecule has 0 saturated heterocycles. The van der Waals surface area contributed by atoms with Gasteiger partial charge < -0.3 is 0 Å². The number of rotatable bonds is 12. The molecule has 9 rings (SSSR count). The van der Waals surface area contributed by atoms with Crippen LogP contribution in [-0.2, 0) is 12.8 Å². The second-order valence-electron chi connectivity index (χ2n) is 19.3. The normalized spacial score (nSPS) is 12.0. The van der Waals surface area contributed by atoms with Crippen LogP contribution in [0.25, 0.3) is 30.6 Å². The number of benzene rings is 4. The zero-order valence-corrected chi connectivity index (χ0v) is 47.4. The highest BCUT2D eigenvalue weighted by atomic mass is 32.1. The molecule has 4 aromatic heterocycles. The number of hydrogen-bond acceptors (Lipinski definition) is 4. The third-order valence-corrected chi connectivity index (χ3v) is 21.6. The Morgan fingerprint density at radius 3 is 0.901 bits per heavy atom. The van der Waals surface area contributed by atoms with Crippen LogP contribution in [0.1, 0.15) is 118 Å². The molecule has 0 bridgehead atoms. The summed E-state index contributed by atoms with van der Waals surface area (Å²) in [5, 5.41) is -1.90. The van der Waals surface area contributed by atoms with E-state index in [0.717, 1.165) is 119 Å². The Morgan fingerprint density at radius 1 is 0.309 bits per heavy atom. The van der Waals surface area contributed by atoms with Gasteiger partial charge in [0.2, 0.25) is 0 Å². The molecular weight excluding hydrogens is 1170 g/mol. The molecular formula is C62H40F14S4Si. The van der Waals surface area contributed by atoms with Gasteiger partial charge in [-0.2, -0.15) is 0 Å². The Hall–Kier alpha value is -6.84. The zero-order chi connectivity index (χ0) is 58.2. The van der Waals surface area contributed by atoms with Gasteiger partial charge in [0, 0.05) is 40.4 Å². The molecule has 0 aliphatic carbocycles. The molecule has 8 aromatic rings. The lowest BCUT2D eigenvalue weighted by molar-refractivity contribution is 0.447. The van der Waals surface area contributed by atoms with Gasteiger partial charge in [0.1, 0.15) is 42.0 Å². The molecule has 0 unspecified atom stereocenters. The maximum atomic E-state index is 16.6. The van der Waals surface area contributed by atoms with Gasteiger partial charge >= 0.3 is 0 Å². The first-order valence-corrected chi connectivity index (χ1v) is 31.6. The number of unbranched alkanes of at least 4 members (excludes halogenated alkanes) is 6. The van der Waals surface area contributed by atoms with E-state index in [4.69, 9.17) is 0 Å². The van der Waals surface area contributed by atoms with Gasteiger partial charge in [-0.15, -0.1) is 45.3 Å². The van der Waals surface area contributed by atoms with Crippen molar-refractivity contribution in [2.75, 3.05) is 0 Å². The van der Waals surface area contributed by atoms with E-state index in [0.29, 0.717) is 9.75 Å². The van der Waals surface area contributed by atoms with Crippen molar-refractivity contribution in [2.45, 2.75) is 91.1 Å². The van der Waals surface area contributed by atoms with Crippen LogP contribution in [0.4, 0.5) is 61.5 Å². The van der Waals surface area contributed by atoms with E-state index in [1.165, 1.54) is 9.75 Å². The summed E-state index contributed by atoms with van der Waals surface area (Å²) in [7, 11) is -4.34. The molecule has 19 heteroatoms. The Bertz CT molecular complexity index is 3790. The van der Waals surface area contributed by atoms with Crippen molar-refractivity contribution in [3.05, 3.63) is 183 Å². The van der Waals surface area contributed by atoms with Crippen LogP contribution >= 0.6 is 45.3 Å². The van der Waals surface area contributed by atoms with Gasteiger partial charge in [0.15, 0.2) is 69.8 Å². The molecule has 5 heterocycles. The first kappa shape index (κ1) is 58.8. The highest BCUT2D eigenvalue weighted by Gasteiger charge is 2.49. The Labute approximate surface area is 474 Å². The Balaban J connectivity index is 0.985. The number of fused-ring (bicyclic) bond motifs is 3. The number of thiophene rings is 4. The number of aryl methyl sites for hydroxylation is 2. The molecule has 0 radical (unpaired) electrons. The fraction of sp³-hybridized carbons (Fsp3) is 0.226. The van der Waals surface area contributed by atoms with Crippen LogP contribution in [0.3, 0.4) is 0 Å². The molecule has 4 aromatic carbocycles. The average Bonchev–Trinajstić information content (AvgIpc) is 2.31. The van der Waals surface area contributed by atoms with Gasteiger partial charge in [0.25, 0.3) is 0 Å². The highest BCUT2D eigenvalue weighted by Crippen LogP contribution is 2.40. The first-order valence-electron chi connectivity index (χ1n) is 25.3. The lowest BCUT2D eigenvalue weighted by Crippen LogP contribution is -2.53. The van der Waals surface area contributed by atoms with Gasteiger partial charge in [0.05, 0.1) is 20.9 Å². The standard InChI is InChI=1S/C62H40F14S4Si/c1-5-7-9-11-13-31-17-27-41(77-31)43-29-19-33(79-43)15-21-35-47(63)51(67)37(52(68)48(35)64)23-25-39-55(71)59(75)45-46-60(76)56(72)40(58(74)62(46)81(3,4)61(45)57(39)73)26-24-38-53(69)49(65)36(50(66)54(38)70)22-16-34-20-30-44(80-34)42-28-18-32(78-42)14-12-10-8-6-2/h17-20,27-30H,5-14H2,1-4H3. The van der Waals surface area contributed by atoms with E-state index in [9.17, 15) is 0 Å². The van der Waals surface area contributed by atoms with Crippen molar-refractivity contribution in [3.63, 3.8) is 0 Å². The third kappa shape index (κ3) is 11.3. The van der Waals surface area contributed by atoms with Crippen LogP contribution in [0.2, 0.25) is 13.1 Å². The predicted octanol–water partition coefficient (Wildman–Crippen LogP) is 17.9. The molecule has 1 aliphatic heterocycles. The lowest BCUT2D eigenvalue weighted by atomic mass is 9.98. The fourth-order valence-electron chi connectivity index (χ4n) is 9.33. The second-order valence-corrected chi connectivity index (χ2v) is 28.0.